The van der Waals surface area contributed by atoms with Crippen LogP contribution in [0.1, 0.15) is 15.9 Å². The van der Waals surface area contributed by atoms with E-state index in [0.717, 1.165) is 43.8 Å². The summed E-state index contributed by atoms with van der Waals surface area (Å²) >= 11 is 6.09. The van der Waals surface area contributed by atoms with Gasteiger partial charge >= 0.3 is 0 Å². The van der Waals surface area contributed by atoms with Crippen molar-refractivity contribution in [2.24, 2.45) is 0 Å². The average molecular weight is 395 g/mol. The molecule has 2 heterocycles. The summed E-state index contributed by atoms with van der Waals surface area (Å²) < 4.78 is 0. The third-order valence-corrected chi connectivity index (χ3v) is 5.34. The number of halogens is 1. The molecule has 6 heteroatoms. The topological polar surface area (TPSA) is 48.5 Å². The van der Waals surface area contributed by atoms with Crippen molar-refractivity contribution < 1.29 is 4.79 Å². The first-order chi connectivity index (χ1) is 13.6. The molecular weight excluding hydrogens is 372 g/mol. The molecule has 0 saturated carbocycles. The summed E-state index contributed by atoms with van der Waals surface area (Å²) in [6.07, 6.45) is 0. The van der Waals surface area contributed by atoms with Crippen LogP contribution in [0.4, 0.5) is 5.69 Å². The van der Waals surface area contributed by atoms with Crippen LogP contribution in [0.3, 0.4) is 0 Å². The molecule has 0 atom stereocenters. The molecule has 144 valence electrons. The van der Waals surface area contributed by atoms with E-state index >= 15 is 0 Å². The zero-order valence-electron chi connectivity index (χ0n) is 15.9. The molecule has 1 saturated heterocycles. The molecule has 1 fully saturated rings. The highest BCUT2D eigenvalue weighted by Gasteiger charge is 2.15. The van der Waals surface area contributed by atoms with Gasteiger partial charge in [-0.15, -0.1) is 0 Å². The molecule has 0 bridgehead atoms. The number of piperazine rings is 1. The van der Waals surface area contributed by atoms with Gasteiger partial charge in [0.1, 0.15) is 5.15 Å². The Hall–Kier alpha value is -2.47. The van der Waals surface area contributed by atoms with Crippen molar-refractivity contribution in [2.45, 2.75) is 6.54 Å². The first-order valence-electron chi connectivity index (χ1n) is 9.45. The highest BCUT2D eigenvalue weighted by molar-refractivity contribution is 6.30. The lowest BCUT2D eigenvalue weighted by Gasteiger charge is -2.32. The van der Waals surface area contributed by atoms with E-state index < -0.39 is 0 Å². The lowest BCUT2D eigenvalue weighted by atomic mass is 10.1. The van der Waals surface area contributed by atoms with E-state index in [1.54, 1.807) is 6.07 Å². The van der Waals surface area contributed by atoms with Gasteiger partial charge in [-0.1, -0.05) is 41.9 Å². The minimum absolute atomic E-state index is 0.188. The highest BCUT2D eigenvalue weighted by atomic mass is 35.5. The molecular formula is C22H23ClN4O. The highest BCUT2D eigenvalue weighted by Crippen LogP contribution is 2.22. The number of rotatable bonds is 4. The number of nitrogens with zero attached hydrogens (tertiary/aromatic N) is 3. The molecule has 1 N–H and O–H groups in total. The number of likely N-dealkylation sites (N-methyl/N-ethyl adjacent to an activating group) is 1. The summed E-state index contributed by atoms with van der Waals surface area (Å²) in [5.41, 5.74) is 3.25. The summed E-state index contributed by atoms with van der Waals surface area (Å²) in [7, 11) is 2.16. The number of nitrogens with one attached hydrogen (secondary N) is 1. The number of aromatic nitrogens is 1. The molecule has 28 heavy (non-hydrogen) atoms. The molecule has 0 radical (unpaired) electrons. The summed E-state index contributed by atoms with van der Waals surface area (Å²) in [4.78, 5) is 21.9. The van der Waals surface area contributed by atoms with Gasteiger partial charge in [-0.05, 0) is 36.9 Å². The molecule has 1 aliphatic rings. The second-order valence-electron chi connectivity index (χ2n) is 7.24. The first-order valence-corrected chi connectivity index (χ1v) is 9.83. The van der Waals surface area contributed by atoms with E-state index in [-0.39, 0.29) is 5.91 Å². The number of pyridine rings is 1. The largest absolute Gasteiger partial charge is 0.322 e. The van der Waals surface area contributed by atoms with Gasteiger partial charge in [-0.3, -0.25) is 9.69 Å². The fourth-order valence-electron chi connectivity index (χ4n) is 3.49. The van der Waals surface area contributed by atoms with Crippen molar-refractivity contribution in [2.75, 3.05) is 38.5 Å². The number of carbonyl (C=O) groups is 1. The van der Waals surface area contributed by atoms with Gasteiger partial charge in [-0.25, -0.2) is 4.98 Å². The van der Waals surface area contributed by atoms with Crippen LogP contribution < -0.4 is 5.32 Å². The summed E-state index contributed by atoms with van der Waals surface area (Å²) in [5, 5.41) is 4.07. The predicted molar refractivity (Wildman–Crippen MR) is 114 cm³/mol. The molecule has 1 aromatic heterocycles. The Balaban J connectivity index is 1.45. The van der Waals surface area contributed by atoms with Crippen LogP contribution in [0.5, 0.6) is 0 Å². The maximum atomic E-state index is 12.8. The number of benzene rings is 2. The molecule has 0 unspecified atom stereocenters. The molecule has 1 aliphatic heterocycles. The van der Waals surface area contributed by atoms with Crippen LogP contribution in [0.25, 0.3) is 10.9 Å². The number of hydrogen-bond donors (Lipinski definition) is 1. The van der Waals surface area contributed by atoms with Gasteiger partial charge in [0.2, 0.25) is 0 Å². The smallest absolute Gasteiger partial charge is 0.256 e. The van der Waals surface area contributed by atoms with Crippen molar-refractivity contribution in [3.05, 3.63) is 70.9 Å². The van der Waals surface area contributed by atoms with Gasteiger partial charge < -0.3 is 10.2 Å². The lowest BCUT2D eigenvalue weighted by molar-refractivity contribution is 0.102. The van der Waals surface area contributed by atoms with E-state index in [1.165, 1.54) is 5.56 Å². The summed E-state index contributed by atoms with van der Waals surface area (Å²) in [6, 6.07) is 17.2. The third-order valence-electron chi connectivity index (χ3n) is 5.14. The number of amides is 1. The number of fused-ring (bicyclic) bond motifs is 1. The van der Waals surface area contributed by atoms with Crippen molar-refractivity contribution >= 4 is 34.1 Å². The lowest BCUT2D eigenvalue weighted by Crippen LogP contribution is -2.43. The van der Waals surface area contributed by atoms with Crippen LogP contribution in [-0.2, 0) is 6.54 Å². The van der Waals surface area contributed by atoms with Gasteiger partial charge in [0.25, 0.3) is 5.91 Å². The Morgan fingerprint density at radius 3 is 2.54 bits per heavy atom. The van der Waals surface area contributed by atoms with E-state index in [1.807, 2.05) is 36.4 Å². The molecule has 4 rings (SSSR count). The number of carbonyl (C=O) groups excluding carboxylic acids is 1. The Bertz CT molecular complexity index is 981. The standard InChI is InChI=1S/C22H23ClN4O/c1-26-10-12-27(13-11-26)15-16-6-8-17(9-7-16)24-22(28)19-14-21(23)25-20-5-3-2-4-18(19)20/h2-9,14H,10-13,15H2,1H3,(H,24,28). The minimum atomic E-state index is -0.188. The van der Waals surface area contributed by atoms with E-state index in [0.29, 0.717) is 16.2 Å². The summed E-state index contributed by atoms with van der Waals surface area (Å²) in [6.45, 7) is 5.33. The fraction of sp³-hybridized carbons (Fsp3) is 0.273. The maximum absolute atomic E-state index is 12.8. The summed E-state index contributed by atoms with van der Waals surface area (Å²) in [5.74, 6) is -0.188. The number of hydrogen-bond acceptors (Lipinski definition) is 4. The van der Waals surface area contributed by atoms with Crippen LogP contribution in [0.15, 0.2) is 54.6 Å². The zero-order chi connectivity index (χ0) is 19.5. The first kappa shape index (κ1) is 18.9. The number of para-hydroxylation sites is 1. The van der Waals surface area contributed by atoms with Gasteiger partial charge in [0.05, 0.1) is 11.1 Å². The van der Waals surface area contributed by atoms with Crippen LogP contribution in [0.2, 0.25) is 5.15 Å². The van der Waals surface area contributed by atoms with Crippen LogP contribution in [-0.4, -0.2) is 53.9 Å². The second-order valence-corrected chi connectivity index (χ2v) is 7.63. The quantitative estimate of drug-likeness (QED) is 0.682. The zero-order valence-corrected chi connectivity index (χ0v) is 16.6. The van der Waals surface area contributed by atoms with Gasteiger partial charge in [0.15, 0.2) is 0 Å². The van der Waals surface area contributed by atoms with Crippen molar-refractivity contribution in [3.63, 3.8) is 0 Å². The molecule has 3 aromatic rings. The van der Waals surface area contributed by atoms with Crippen molar-refractivity contribution in [1.29, 1.82) is 0 Å². The van der Waals surface area contributed by atoms with Crippen molar-refractivity contribution in [1.82, 2.24) is 14.8 Å². The predicted octanol–water partition coefficient (Wildman–Crippen LogP) is 3.89. The molecule has 5 nitrogen and oxygen atoms in total. The fourth-order valence-corrected chi connectivity index (χ4v) is 3.69. The van der Waals surface area contributed by atoms with Crippen molar-refractivity contribution in [3.8, 4) is 0 Å². The van der Waals surface area contributed by atoms with Crippen LogP contribution >= 0.6 is 11.6 Å². The second kappa shape index (κ2) is 8.27. The Labute approximate surface area is 169 Å². The monoisotopic (exact) mass is 394 g/mol. The number of anilines is 1. The molecule has 0 aliphatic carbocycles. The molecule has 2 aromatic carbocycles. The molecule has 1 amide bonds. The Kier molecular flexibility index (Phi) is 5.57. The third kappa shape index (κ3) is 4.33. The Morgan fingerprint density at radius 1 is 1.07 bits per heavy atom. The average Bonchev–Trinajstić information content (AvgIpc) is 2.70. The van der Waals surface area contributed by atoms with Crippen LogP contribution in [0, 0.1) is 0 Å². The van der Waals surface area contributed by atoms with E-state index in [2.05, 4.69) is 39.3 Å². The normalized spacial score (nSPS) is 15.6. The maximum Gasteiger partial charge on any atom is 0.256 e. The van der Waals surface area contributed by atoms with E-state index in [4.69, 9.17) is 11.6 Å². The minimum Gasteiger partial charge on any atom is -0.322 e. The SMILES string of the molecule is CN1CCN(Cc2ccc(NC(=O)c3cc(Cl)nc4ccccc34)cc2)CC1. The van der Waals surface area contributed by atoms with E-state index in [9.17, 15) is 4.79 Å². The Morgan fingerprint density at radius 2 is 1.79 bits per heavy atom. The van der Waals surface area contributed by atoms with Gasteiger partial charge in [0, 0.05) is 43.8 Å². The molecule has 0 spiro atoms. The van der Waals surface area contributed by atoms with Gasteiger partial charge in [-0.2, -0.15) is 0 Å².